The zero-order chi connectivity index (χ0) is 30.9. The fraction of sp³-hybridized carbons (Fsp3) is 0.457. The molecule has 7 atom stereocenters. The van der Waals surface area contributed by atoms with Crippen LogP contribution in [-0.4, -0.2) is 75.6 Å². The summed E-state index contributed by atoms with van der Waals surface area (Å²) in [5, 5.41) is 10.4. The van der Waals surface area contributed by atoms with Gasteiger partial charge in [0.05, 0.1) is 30.1 Å². The minimum atomic E-state index is -1.21. The molecule has 3 aliphatic rings. The molecule has 0 saturated carbocycles. The first kappa shape index (κ1) is 30.7. The quantitative estimate of drug-likeness (QED) is 0.377. The molecule has 3 unspecified atom stereocenters. The minimum Gasteiger partial charge on any atom is -0.394 e. The maximum absolute atomic E-state index is 14.7. The molecule has 1 N–H and O–H groups in total. The van der Waals surface area contributed by atoms with Crippen molar-refractivity contribution in [3.05, 3.63) is 91.5 Å². The number of likely N-dealkylation sites (tertiary alicyclic amines) is 1. The number of ether oxygens (including phenoxy) is 1. The van der Waals surface area contributed by atoms with E-state index in [9.17, 15) is 19.5 Å². The van der Waals surface area contributed by atoms with Crippen molar-refractivity contribution >= 4 is 23.4 Å². The van der Waals surface area contributed by atoms with E-state index < -0.39 is 35.1 Å². The number of benzene rings is 2. The zero-order valence-corrected chi connectivity index (χ0v) is 25.4. The molecule has 0 radical (unpaired) electrons. The smallest absolute Gasteiger partial charge is 0.249 e. The SMILES string of the molecule is C=CCN(Cc1ccccc1)C(=O)C1N([C@@H](CC)CO)C(=O)[C@@H]2[C@@H](C(=O)N(CC=C)c3ccccc3)[C@]3(C)OC12CC3C. The number of aliphatic hydroxyl groups excluding tert-OH is 1. The lowest BCUT2D eigenvalue weighted by Gasteiger charge is -2.39. The number of nitrogens with zero attached hydrogens (tertiary/aromatic N) is 3. The van der Waals surface area contributed by atoms with Crippen LogP contribution in [0, 0.1) is 17.8 Å². The normalized spacial score (nSPS) is 29.7. The Morgan fingerprint density at radius 2 is 1.70 bits per heavy atom. The Hall–Kier alpha value is -3.75. The van der Waals surface area contributed by atoms with Gasteiger partial charge in [0, 0.05) is 25.3 Å². The first-order chi connectivity index (χ1) is 20.7. The van der Waals surface area contributed by atoms with E-state index in [1.54, 1.807) is 26.9 Å². The van der Waals surface area contributed by atoms with E-state index in [2.05, 4.69) is 13.2 Å². The Kier molecular flexibility index (Phi) is 8.63. The number of carbonyl (C=O) groups is 3. The summed E-state index contributed by atoms with van der Waals surface area (Å²) < 4.78 is 6.94. The van der Waals surface area contributed by atoms with Crippen molar-refractivity contribution in [2.45, 2.75) is 63.4 Å². The highest BCUT2D eigenvalue weighted by atomic mass is 16.5. The Bertz CT molecular complexity index is 1360. The summed E-state index contributed by atoms with van der Waals surface area (Å²) in [6, 6.07) is 17.4. The number of aliphatic hydroxyl groups is 1. The molecule has 3 saturated heterocycles. The highest BCUT2D eigenvalue weighted by Crippen LogP contribution is 2.66. The zero-order valence-electron chi connectivity index (χ0n) is 25.4. The number of fused-ring (bicyclic) bond motifs is 1. The van der Waals surface area contributed by atoms with E-state index in [1.807, 2.05) is 81.4 Å². The first-order valence-electron chi connectivity index (χ1n) is 15.2. The molecule has 228 valence electrons. The van der Waals surface area contributed by atoms with Gasteiger partial charge in [-0.3, -0.25) is 14.4 Å². The molecule has 3 heterocycles. The van der Waals surface area contributed by atoms with E-state index in [1.165, 1.54) is 0 Å². The summed E-state index contributed by atoms with van der Waals surface area (Å²) in [5.74, 6) is -2.58. The van der Waals surface area contributed by atoms with Crippen LogP contribution < -0.4 is 4.90 Å². The van der Waals surface area contributed by atoms with Crippen LogP contribution in [0.2, 0.25) is 0 Å². The largest absolute Gasteiger partial charge is 0.394 e. The topological polar surface area (TPSA) is 90.4 Å². The van der Waals surface area contributed by atoms with Crippen LogP contribution in [0.15, 0.2) is 86.0 Å². The van der Waals surface area contributed by atoms with E-state index in [-0.39, 0.29) is 43.3 Å². The molecule has 8 nitrogen and oxygen atoms in total. The average Bonchev–Trinajstić information content (AvgIpc) is 3.53. The van der Waals surface area contributed by atoms with Crippen LogP contribution in [0.5, 0.6) is 0 Å². The molecule has 43 heavy (non-hydrogen) atoms. The molecule has 2 aromatic carbocycles. The molecule has 3 aliphatic heterocycles. The highest BCUT2D eigenvalue weighted by molar-refractivity contribution is 6.03. The van der Waals surface area contributed by atoms with Gasteiger partial charge in [-0.15, -0.1) is 13.2 Å². The Morgan fingerprint density at radius 1 is 1.07 bits per heavy atom. The number of amides is 3. The van der Waals surface area contributed by atoms with Crippen molar-refractivity contribution in [3.63, 3.8) is 0 Å². The Morgan fingerprint density at radius 3 is 2.28 bits per heavy atom. The van der Waals surface area contributed by atoms with Gasteiger partial charge in [-0.1, -0.05) is 74.5 Å². The summed E-state index contributed by atoms with van der Waals surface area (Å²) in [4.78, 5) is 48.8. The highest BCUT2D eigenvalue weighted by Gasteiger charge is 2.80. The van der Waals surface area contributed by atoms with Gasteiger partial charge < -0.3 is 24.5 Å². The van der Waals surface area contributed by atoms with E-state index in [0.717, 1.165) is 5.56 Å². The summed E-state index contributed by atoms with van der Waals surface area (Å²) >= 11 is 0. The molecular formula is C35H43N3O5. The molecule has 3 fully saturated rings. The maximum atomic E-state index is 14.7. The predicted molar refractivity (Wildman–Crippen MR) is 166 cm³/mol. The molecule has 2 aromatic rings. The fourth-order valence-electron chi connectivity index (χ4n) is 7.73. The van der Waals surface area contributed by atoms with Gasteiger partial charge in [-0.25, -0.2) is 0 Å². The molecule has 8 heteroatoms. The molecule has 3 amide bonds. The Balaban J connectivity index is 1.62. The van der Waals surface area contributed by atoms with E-state index in [0.29, 0.717) is 25.1 Å². The average molecular weight is 586 g/mol. The number of rotatable bonds is 12. The third kappa shape index (κ3) is 4.90. The maximum Gasteiger partial charge on any atom is 0.249 e. The van der Waals surface area contributed by atoms with Crippen LogP contribution in [0.25, 0.3) is 0 Å². The number of anilines is 1. The molecular weight excluding hydrogens is 542 g/mol. The fourth-order valence-corrected chi connectivity index (χ4v) is 7.73. The van der Waals surface area contributed by atoms with Gasteiger partial charge in [-0.2, -0.15) is 0 Å². The van der Waals surface area contributed by atoms with Gasteiger partial charge in [-0.05, 0) is 43.4 Å². The number of para-hydroxylation sites is 1. The molecule has 2 bridgehead atoms. The van der Waals surface area contributed by atoms with E-state index >= 15 is 0 Å². The van der Waals surface area contributed by atoms with Crippen LogP contribution in [0.1, 0.15) is 39.2 Å². The van der Waals surface area contributed by atoms with Gasteiger partial charge in [0.15, 0.2) is 0 Å². The standard InChI is InChI=1S/C35H43N3O5/c1-6-19-36(22-25-15-11-9-12-16-25)33(42)30-35-21-24(4)34(5,43-35)28(29(35)32(41)38(30)26(8-3)23-39)31(40)37(20-7-2)27-17-13-10-14-18-27/h6-7,9-18,24,26,28-30,39H,1-2,8,19-23H2,3-5H3/t24?,26-,28-,29-,30?,34+,35?/m0/s1. The predicted octanol–water partition coefficient (Wildman–Crippen LogP) is 4.20. The van der Waals surface area contributed by atoms with Gasteiger partial charge in [0.2, 0.25) is 17.7 Å². The van der Waals surface area contributed by atoms with Crippen molar-refractivity contribution in [2.75, 3.05) is 24.6 Å². The summed E-state index contributed by atoms with van der Waals surface area (Å²) in [6.07, 6.45) is 4.26. The third-order valence-corrected chi connectivity index (χ3v) is 9.85. The lowest BCUT2D eigenvalue weighted by molar-refractivity contribution is -0.155. The lowest BCUT2D eigenvalue weighted by atomic mass is 9.62. The summed E-state index contributed by atoms with van der Waals surface area (Å²) in [6.45, 7) is 14.2. The number of hydrogen-bond acceptors (Lipinski definition) is 5. The van der Waals surface area contributed by atoms with Gasteiger partial charge >= 0.3 is 0 Å². The third-order valence-electron chi connectivity index (χ3n) is 9.85. The van der Waals surface area contributed by atoms with E-state index in [4.69, 9.17) is 4.74 Å². The van der Waals surface area contributed by atoms with Crippen molar-refractivity contribution in [3.8, 4) is 0 Å². The van der Waals surface area contributed by atoms with Crippen molar-refractivity contribution in [1.82, 2.24) is 9.80 Å². The van der Waals surface area contributed by atoms with Crippen LogP contribution >= 0.6 is 0 Å². The molecule has 1 spiro atoms. The number of carbonyl (C=O) groups excluding carboxylic acids is 3. The molecule has 5 rings (SSSR count). The second-order valence-corrected chi connectivity index (χ2v) is 12.3. The summed E-state index contributed by atoms with van der Waals surface area (Å²) in [7, 11) is 0. The van der Waals surface area contributed by atoms with Gasteiger partial charge in [0.25, 0.3) is 0 Å². The summed E-state index contributed by atoms with van der Waals surface area (Å²) in [5.41, 5.74) is -0.514. The van der Waals surface area contributed by atoms with Crippen LogP contribution in [0.3, 0.4) is 0 Å². The van der Waals surface area contributed by atoms with Crippen molar-refractivity contribution in [1.29, 1.82) is 0 Å². The molecule has 0 aliphatic carbocycles. The first-order valence-corrected chi connectivity index (χ1v) is 15.2. The monoisotopic (exact) mass is 585 g/mol. The second kappa shape index (κ2) is 12.1. The van der Waals surface area contributed by atoms with Crippen molar-refractivity contribution in [2.24, 2.45) is 17.8 Å². The number of hydrogen-bond donors (Lipinski definition) is 1. The lowest BCUT2D eigenvalue weighted by Crippen LogP contribution is -2.58. The molecule has 0 aromatic heterocycles. The van der Waals surface area contributed by atoms with Crippen LogP contribution in [0.4, 0.5) is 5.69 Å². The second-order valence-electron chi connectivity index (χ2n) is 12.3. The Labute approximate surface area is 254 Å². The van der Waals surface area contributed by atoms with Crippen molar-refractivity contribution < 1.29 is 24.2 Å². The van der Waals surface area contributed by atoms with Crippen LogP contribution in [-0.2, 0) is 25.7 Å². The van der Waals surface area contributed by atoms with Gasteiger partial charge in [0.1, 0.15) is 11.6 Å². The minimum absolute atomic E-state index is 0.0988.